The molecular formula is C20H31F5O4Si. The topological polar surface area (TPSA) is 36.9 Å². The number of benzene rings is 1. The van der Waals surface area contributed by atoms with E-state index in [9.17, 15) is 22.0 Å². The summed E-state index contributed by atoms with van der Waals surface area (Å²) in [6.07, 6.45) is -1.87. The van der Waals surface area contributed by atoms with Crippen molar-refractivity contribution in [2.24, 2.45) is 0 Å². The van der Waals surface area contributed by atoms with Crippen molar-refractivity contribution in [1.29, 1.82) is 0 Å². The second-order valence-electron chi connectivity index (χ2n) is 6.98. The van der Waals surface area contributed by atoms with E-state index in [4.69, 9.17) is 18.0 Å². The number of para-hydroxylation sites is 1. The van der Waals surface area contributed by atoms with Gasteiger partial charge in [0.05, 0.1) is 0 Å². The quantitative estimate of drug-likeness (QED) is 0.122. The van der Waals surface area contributed by atoms with Crippen LogP contribution in [0.4, 0.5) is 22.0 Å². The number of rotatable bonds is 16. The van der Waals surface area contributed by atoms with Crippen LogP contribution in [0, 0.1) is 0 Å². The zero-order chi connectivity index (χ0) is 22.5. The minimum Gasteiger partial charge on any atom is -0.468 e. The molecule has 0 amide bonds. The van der Waals surface area contributed by atoms with Crippen LogP contribution in [-0.2, 0) is 13.3 Å². The molecule has 0 saturated heterocycles. The first kappa shape index (κ1) is 26.8. The Morgan fingerprint density at radius 2 is 1.23 bits per heavy atom. The zero-order valence-corrected chi connectivity index (χ0v) is 18.5. The molecule has 0 radical (unpaired) electrons. The molecule has 1 rings (SSSR count). The average Bonchev–Trinajstić information content (AvgIpc) is 2.70. The maximum Gasteiger partial charge on any atom is 0.576 e. The van der Waals surface area contributed by atoms with Crippen LogP contribution in [0.25, 0.3) is 0 Å². The number of unbranched alkanes of at least 4 members (excludes halogenated alkanes) is 6. The van der Waals surface area contributed by atoms with Gasteiger partial charge in [0.2, 0.25) is 0 Å². The van der Waals surface area contributed by atoms with Crippen molar-refractivity contribution in [2.75, 3.05) is 21.0 Å². The summed E-state index contributed by atoms with van der Waals surface area (Å²) in [6, 6.07) is 8.64. The number of ether oxygens (including phenoxy) is 1. The molecule has 0 N–H and O–H groups in total. The van der Waals surface area contributed by atoms with Gasteiger partial charge in [0.1, 0.15) is 5.75 Å². The lowest BCUT2D eigenvalue weighted by Gasteiger charge is -2.33. The summed E-state index contributed by atoms with van der Waals surface area (Å²) in [5.41, 5.74) is -3.29. The molecule has 10 heteroatoms. The predicted molar refractivity (Wildman–Crippen MR) is 105 cm³/mol. The van der Waals surface area contributed by atoms with E-state index in [1.807, 2.05) is 0 Å². The summed E-state index contributed by atoms with van der Waals surface area (Å²) >= 11 is 0. The van der Waals surface area contributed by atoms with Crippen LogP contribution in [0.5, 0.6) is 5.75 Å². The first-order valence-corrected chi connectivity index (χ1v) is 11.7. The van der Waals surface area contributed by atoms with Crippen LogP contribution in [0.1, 0.15) is 57.8 Å². The van der Waals surface area contributed by atoms with Crippen molar-refractivity contribution in [3.05, 3.63) is 30.3 Å². The molecule has 0 bridgehead atoms. The largest absolute Gasteiger partial charge is 0.576 e. The summed E-state index contributed by atoms with van der Waals surface area (Å²) in [5, 5.41) is 0. The molecule has 0 unspecified atom stereocenters. The minimum atomic E-state index is -4.29. The lowest BCUT2D eigenvalue weighted by Crippen LogP contribution is -2.60. The van der Waals surface area contributed by atoms with Crippen LogP contribution in [0.3, 0.4) is 0 Å². The highest BCUT2D eigenvalue weighted by Crippen LogP contribution is 2.34. The van der Waals surface area contributed by atoms with Crippen molar-refractivity contribution in [3.63, 3.8) is 0 Å². The maximum atomic E-state index is 14.8. The molecule has 0 heterocycles. The molecule has 0 spiro atoms. The lowest BCUT2D eigenvalue weighted by atomic mass is 10.1. The van der Waals surface area contributed by atoms with E-state index in [0.717, 1.165) is 20.6 Å². The fourth-order valence-corrected chi connectivity index (χ4v) is 4.91. The van der Waals surface area contributed by atoms with Crippen LogP contribution < -0.4 is 4.74 Å². The highest BCUT2D eigenvalue weighted by molar-refractivity contribution is 6.63. The first-order valence-electron chi connectivity index (χ1n) is 10.0. The third-order valence-electron chi connectivity index (χ3n) is 4.65. The molecule has 4 nitrogen and oxygen atoms in total. The van der Waals surface area contributed by atoms with Gasteiger partial charge in [-0.25, -0.2) is 8.78 Å². The first-order chi connectivity index (χ1) is 14.2. The van der Waals surface area contributed by atoms with E-state index in [0.29, 0.717) is 31.4 Å². The third kappa shape index (κ3) is 9.72. The number of halogens is 5. The van der Waals surface area contributed by atoms with E-state index in [1.54, 1.807) is 30.3 Å². The smallest absolute Gasteiger partial charge is 0.468 e. The van der Waals surface area contributed by atoms with Crippen LogP contribution in [-0.4, -0.2) is 41.5 Å². The van der Waals surface area contributed by atoms with E-state index in [-0.39, 0.29) is 12.8 Å². The van der Waals surface area contributed by atoms with Gasteiger partial charge in [0, 0.05) is 27.1 Å². The van der Waals surface area contributed by atoms with Gasteiger partial charge >= 0.3 is 20.5 Å². The van der Waals surface area contributed by atoms with Crippen LogP contribution in [0.2, 0.25) is 0 Å². The molecule has 174 valence electrons. The molecule has 1 aromatic carbocycles. The molecule has 0 fully saturated rings. The summed E-state index contributed by atoms with van der Waals surface area (Å²) in [7, 11) is -2.03. The normalized spacial score (nSPS) is 12.9. The van der Waals surface area contributed by atoms with Gasteiger partial charge in [-0.3, -0.25) is 0 Å². The Balaban J connectivity index is 2.33. The maximum absolute atomic E-state index is 14.8. The summed E-state index contributed by atoms with van der Waals surface area (Å²) < 4.78 is 86.4. The number of hydrogen-bond acceptors (Lipinski definition) is 4. The number of hydrogen-bond donors (Lipinski definition) is 0. The van der Waals surface area contributed by atoms with Crippen molar-refractivity contribution in [1.82, 2.24) is 0 Å². The Kier molecular flexibility index (Phi) is 11.8. The Labute approximate surface area is 176 Å². The summed E-state index contributed by atoms with van der Waals surface area (Å²) in [4.78, 5) is 0. The van der Waals surface area contributed by atoms with Gasteiger partial charge in [0.15, 0.2) is 6.79 Å². The van der Waals surface area contributed by atoms with Gasteiger partial charge in [-0.15, -0.1) is 0 Å². The molecule has 0 aromatic heterocycles. The molecule has 0 aliphatic heterocycles. The minimum absolute atomic E-state index is 0.111. The van der Waals surface area contributed by atoms with Crippen molar-refractivity contribution in [3.8, 4) is 5.75 Å². The van der Waals surface area contributed by atoms with Crippen LogP contribution in [0.15, 0.2) is 30.3 Å². The fraction of sp³-hybridized carbons (Fsp3) is 0.700. The standard InChI is InChI=1S/C20H31F5O4Si/c1-26-30(27-2,29-17-28-18-13-9-8-10-14-18)20(24,25)16-12-7-5-3-4-6-11-15-19(21,22)23/h8-10,13-14H,3-7,11-12,15-17H2,1-2H3. The second-order valence-corrected chi connectivity index (χ2v) is 9.93. The lowest BCUT2D eigenvalue weighted by molar-refractivity contribution is -0.135. The van der Waals surface area contributed by atoms with Gasteiger partial charge in [-0.1, -0.05) is 50.3 Å². The highest BCUT2D eigenvalue weighted by Gasteiger charge is 2.63. The second kappa shape index (κ2) is 13.2. The van der Waals surface area contributed by atoms with Crippen molar-refractivity contribution >= 4 is 8.80 Å². The average molecular weight is 459 g/mol. The monoisotopic (exact) mass is 458 g/mol. The van der Waals surface area contributed by atoms with Crippen LogP contribution >= 0.6 is 0 Å². The number of alkyl halides is 5. The molecule has 1 aromatic rings. The van der Waals surface area contributed by atoms with E-state index in [2.05, 4.69) is 0 Å². The third-order valence-corrected chi connectivity index (χ3v) is 7.37. The Hall–Kier alpha value is -1.23. The van der Waals surface area contributed by atoms with Gasteiger partial charge in [0.25, 0.3) is 0 Å². The van der Waals surface area contributed by atoms with E-state index in [1.165, 1.54) is 0 Å². The van der Waals surface area contributed by atoms with E-state index < -0.39 is 40.2 Å². The Morgan fingerprint density at radius 3 is 1.73 bits per heavy atom. The van der Waals surface area contributed by atoms with Crippen molar-refractivity contribution < 1.29 is 40.0 Å². The van der Waals surface area contributed by atoms with Crippen molar-refractivity contribution in [2.45, 2.75) is 69.5 Å². The zero-order valence-electron chi connectivity index (χ0n) is 17.5. The SMILES string of the molecule is CO[Si](OC)(OCOc1ccccc1)C(F)(F)CCCCCCCCCC(F)(F)F. The Bertz CT molecular complexity index is 568. The van der Waals surface area contributed by atoms with Gasteiger partial charge < -0.3 is 18.0 Å². The summed E-state index contributed by atoms with van der Waals surface area (Å²) in [6.45, 7) is -0.425. The molecular weight excluding hydrogens is 427 g/mol. The molecule has 0 aliphatic rings. The van der Waals surface area contributed by atoms with Gasteiger partial charge in [-0.05, 0) is 25.0 Å². The summed E-state index contributed by atoms with van der Waals surface area (Å²) in [5.74, 6) is 0.478. The molecule has 0 aliphatic carbocycles. The van der Waals surface area contributed by atoms with E-state index >= 15 is 0 Å². The predicted octanol–water partition coefficient (Wildman–Crippen LogP) is 6.52. The Morgan fingerprint density at radius 1 is 0.733 bits per heavy atom. The highest BCUT2D eigenvalue weighted by atomic mass is 28.4. The molecule has 30 heavy (non-hydrogen) atoms. The molecule has 0 atom stereocenters. The molecule has 0 saturated carbocycles. The van der Waals surface area contributed by atoms with Gasteiger partial charge in [-0.2, -0.15) is 13.2 Å². The fourth-order valence-electron chi connectivity index (χ4n) is 3.01.